The molecule has 1 aromatic rings. The maximum atomic E-state index is 14.0. The number of rotatable bonds is 4. The number of Topliss-reactive ketones (excluding diaryl/α,β-unsaturated/α-hetero) is 1. The lowest BCUT2D eigenvalue weighted by Gasteiger charge is -2.31. The number of hydrogen-bond acceptors (Lipinski definition) is 3. The number of carboxylic acids is 1. The van der Waals surface area contributed by atoms with Crippen molar-refractivity contribution in [3.8, 4) is 5.75 Å². The van der Waals surface area contributed by atoms with Crippen LogP contribution in [0, 0.1) is 11.2 Å². The van der Waals surface area contributed by atoms with Crippen LogP contribution in [0.15, 0.2) is 18.2 Å². The Hall–Kier alpha value is -1.91. The summed E-state index contributed by atoms with van der Waals surface area (Å²) in [6.45, 7) is 0. The fourth-order valence-electron chi connectivity index (χ4n) is 2.70. The van der Waals surface area contributed by atoms with Gasteiger partial charge in [-0.05, 0) is 30.9 Å². The van der Waals surface area contributed by atoms with E-state index in [-0.39, 0.29) is 30.6 Å². The van der Waals surface area contributed by atoms with Crippen LogP contribution in [-0.2, 0) is 16.0 Å². The first-order chi connectivity index (χ1) is 9.49. The van der Waals surface area contributed by atoms with E-state index in [9.17, 15) is 19.1 Å². The fraction of sp³-hybridized carbons (Fsp3) is 0.467. The highest BCUT2D eigenvalue weighted by Crippen LogP contribution is 2.37. The average Bonchev–Trinajstić information content (AvgIpc) is 2.43. The van der Waals surface area contributed by atoms with E-state index >= 15 is 0 Å². The molecular formula is C15H17FO4. The highest BCUT2D eigenvalue weighted by molar-refractivity contribution is 6.03. The van der Waals surface area contributed by atoms with E-state index in [4.69, 9.17) is 4.74 Å². The Morgan fingerprint density at radius 1 is 1.45 bits per heavy atom. The van der Waals surface area contributed by atoms with Crippen molar-refractivity contribution in [1.29, 1.82) is 0 Å². The molecule has 4 nitrogen and oxygen atoms in total. The molecular weight excluding hydrogens is 263 g/mol. The van der Waals surface area contributed by atoms with Gasteiger partial charge in [0.25, 0.3) is 0 Å². The van der Waals surface area contributed by atoms with Crippen LogP contribution < -0.4 is 4.74 Å². The number of hydrogen-bond donors (Lipinski definition) is 1. The molecule has 0 radical (unpaired) electrons. The number of halogens is 1. The van der Waals surface area contributed by atoms with Gasteiger partial charge in [-0.2, -0.15) is 0 Å². The first-order valence-corrected chi connectivity index (χ1v) is 6.59. The molecule has 0 aliphatic heterocycles. The predicted octanol–water partition coefficient (Wildman–Crippen LogP) is 2.59. The molecule has 0 saturated heterocycles. The van der Waals surface area contributed by atoms with Crippen molar-refractivity contribution < 1.29 is 23.8 Å². The molecule has 1 saturated carbocycles. The molecule has 1 aromatic carbocycles. The average molecular weight is 280 g/mol. The lowest BCUT2D eigenvalue weighted by molar-refractivity contribution is -0.157. The van der Waals surface area contributed by atoms with Gasteiger partial charge in [-0.25, -0.2) is 4.39 Å². The quantitative estimate of drug-likeness (QED) is 0.861. The summed E-state index contributed by atoms with van der Waals surface area (Å²) in [5, 5.41) is 9.44. The van der Waals surface area contributed by atoms with E-state index in [1.807, 2.05) is 0 Å². The highest BCUT2D eigenvalue weighted by Gasteiger charge is 2.47. The summed E-state index contributed by atoms with van der Waals surface area (Å²) in [7, 11) is 1.43. The molecule has 0 spiro atoms. The maximum Gasteiger partial charge on any atom is 0.317 e. The van der Waals surface area contributed by atoms with Crippen LogP contribution in [0.25, 0.3) is 0 Å². The molecule has 0 aromatic heterocycles. The molecule has 0 heterocycles. The third kappa shape index (κ3) is 2.53. The first kappa shape index (κ1) is 14.5. The number of carboxylic acid groups (broad SMARTS) is 1. The van der Waals surface area contributed by atoms with Crippen molar-refractivity contribution in [2.45, 2.75) is 32.1 Å². The molecule has 1 atom stereocenters. The van der Waals surface area contributed by atoms with Gasteiger partial charge in [0.15, 0.2) is 5.78 Å². The summed E-state index contributed by atoms with van der Waals surface area (Å²) in [5.41, 5.74) is -1.24. The van der Waals surface area contributed by atoms with Crippen molar-refractivity contribution in [2.75, 3.05) is 7.11 Å². The summed E-state index contributed by atoms with van der Waals surface area (Å²) >= 11 is 0. The molecule has 5 heteroatoms. The Morgan fingerprint density at radius 2 is 2.20 bits per heavy atom. The van der Waals surface area contributed by atoms with Gasteiger partial charge in [0, 0.05) is 12.5 Å². The normalized spacial score (nSPS) is 22.6. The van der Waals surface area contributed by atoms with Crippen LogP contribution in [0.4, 0.5) is 4.39 Å². The van der Waals surface area contributed by atoms with E-state index < -0.39 is 17.2 Å². The monoisotopic (exact) mass is 280 g/mol. The van der Waals surface area contributed by atoms with Gasteiger partial charge < -0.3 is 9.84 Å². The van der Waals surface area contributed by atoms with Crippen molar-refractivity contribution in [3.05, 3.63) is 29.6 Å². The van der Waals surface area contributed by atoms with Crippen LogP contribution >= 0.6 is 0 Å². The first-order valence-electron chi connectivity index (χ1n) is 6.59. The number of ketones is 1. The second-order valence-corrected chi connectivity index (χ2v) is 5.15. The van der Waals surface area contributed by atoms with Gasteiger partial charge in [-0.3, -0.25) is 9.59 Å². The second-order valence-electron chi connectivity index (χ2n) is 5.15. The molecule has 1 unspecified atom stereocenters. The number of ether oxygens (including phenoxy) is 1. The zero-order chi connectivity index (χ0) is 14.8. The Bertz CT molecular complexity index is 541. The zero-order valence-corrected chi connectivity index (χ0v) is 11.3. The van der Waals surface area contributed by atoms with Crippen molar-refractivity contribution in [1.82, 2.24) is 0 Å². The van der Waals surface area contributed by atoms with Gasteiger partial charge in [0.2, 0.25) is 0 Å². The minimum absolute atomic E-state index is 0.100. The van der Waals surface area contributed by atoms with Crippen molar-refractivity contribution >= 4 is 11.8 Å². The number of carbonyl (C=O) groups is 2. The van der Waals surface area contributed by atoms with Gasteiger partial charge in [0.05, 0.1) is 7.11 Å². The smallest absolute Gasteiger partial charge is 0.317 e. The van der Waals surface area contributed by atoms with Gasteiger partial charge in [0.1, 0.15) is 17.0 Å². The molecule has 2 rings (SSSR count). The minimum atomic E-state index is -1.48. The highest BCUT2D eigenvalue weighted by atomic mass is 19.1. The fourth-order valence-corrected chi connectivity index (χ4v) is 2.70. The molecule has 0 bridgehead atoms. The Labute approximate surface area is 116 Å². The summed E-state index contributed by atoms with van der Waals surface area (Å²) in [4.78, 5) is 23.6. The third-order valence-corrected chi connectivity index (χ3v) is 3.95. The number of benzene rings is 1. The standard InChI is InChI=1S/C15H17FO4/c1-20-11-6-5-10(12(16)8-11)9-15(14(18)19)7-3-2-4-13(15)17/h5-6,8H,2-4,7,9H2,1H3,(H,18,19). The van der Waals surface area contributed by atoms with Gasteiger partial charge >= 0.3 is 5.97 Å². The number of aliphatic carboxylic acids is 1. The van der Waals surface area contributed by atoms with E-state index in [0.29, 0.717) is 18.6 Å². The topological polar surface area (TPSA) is 63.6 Å². The van der Waals surface area contributed by atoms with Gasteiger partial charge in [-0.1, -0.05) is 12.5 Å². The van der Waals surface area contributed by atoms with E-state index in [2.05, 4.69) is 0 Å². The maximum absolute atomic E-state index is 14.0. The Kier molecular flexibility index (Phi) is 4.06. The molecule has 0 amide bonds. The van der Waals surface area contributed by atoms with Crippen LogP contribution in [0.2, 0.25) is 0 Å². The lowest BCUT2D eigenvalue weighted by atomic mass is 9.69. The zero-order valence-electron chi connectivity index (χ0n) is 11.3. The molecule has 1 aliphatic carbocycles. The third-order valence-electron chi connectivity index (χ3n) is 3.95. The lowest BCUT2D eigenvalue weighted by Crippen LogP contribution is -2.43. The molecule has 1 N–H and O–H groups in total. The molecule has 1 aliphatic rings. The van der Waals surface area contributed by atoms with E-state index in [0.717, 1.165) is 0 Å². The second kappa shape index (κ2) is 5.61. The molecule has 108 valence electrons. The SMILES string of the molecule is COc1ccc(CC2(C(=O)O)CCCCC2=O)c(F)c1. The van der Waals surface area contributed by atoms with Crippen molar-refractivity contribution in [2.24, 2.45) is 5.41 Å². The van der Waals surface area contributed by atoms with E-state index in [1.165, 1.54) is 19.2 Å². The number of methoxy groups -OCH3 is 1. The van der Waals surface area contributed by atoms with E-state index in [1.54, 1.807) is 6.07 Å². The van der Waals surface area contributed by atoms with Crippen LogP contribution in [0.1, 0.15) is 31.2 Å². The minimum Gasteiger partial charge on any atom is -0.497 e. The molecule has 1 fully saturated rings. The van der Waals surface area contributed by atoms with Crippen molar-refractivity contribution in [3.63, 3.8) is 0 Å². The van der Waals surface area contributed by atoms with Gasteiger partial charge in [-0.15, -0.1) is 0 Å². The van der Waals surface area contributed by atoms with Crippen LogP contribution in [-0.4, -0.2) is 24.0 Å². The summed E-state index contributed by atoms with van der Waals surface area (Å²) in [6.07, 6.45) is 1.81. The molecule has 20 heavy (non-hydrogen) atoms. The number of carbonyl (C=O) groups excluding carboxylic acids is 1. The predicted molar refractivity (Wildman–Crippen MR) is 70.2 cm³/mol. The van der Waals surface area contributed by atoms with Crippen LogP contribution in [0.3, 0.4) is 0 Å². The largest absolute Gasteiger partial charge is 0.497 e. The Balaban J connectivity index is 2.33. The summed E-state index contributed by atoms with van der Waals surface area (Å²) < 4.78 is 18.9. The van der Waals surface area contributed by atoms with Crippen LogP contribution in [0.5, 0.6) is 5.75 Å². The summed E-state index contributed by atoms with van der Waals surface area (Å²) in [6, 6.07) is 4.26. The Morgan fingerprint density at radius 3 is 2.75 bits per heavy atom. The summed E-state index contributed by atoms with van der Waals surface area (Å²) in [5.74, 6) is -1.63.